The van der Waals surface area contributed by atoms with Crippen LogP contribution in [0.5, 0.6) is 0 Å². The zero-order valence-corrected chi connectivity index (χ0v) is 18.3. The lowest BCUT2D eigenvalue weighted by atomic mass is 10.0. The molecule has 3 unspecified atom stereocenters. The van der Waals surface area contributed by atoms with Crippen molar-refractivity contribution in [2.24, 2.45) is 17.2 Å². The Labute approximate surface area is 191 Å². The number of carboxylic acids is 1. The van der Waals surface area contributed by atoms with Crippen molar-refractivity contribution in [2.75, 3.05) is 13.1 Å². The molecular formula is C21H32N6O6. The van der Waals surface area contributed by atoms with Gasteiger partial charge in [-0.2, -0.15) is 0 Å². The number of rotatable bonds is 15. The molecule has 0 aromatic heterocycles. The summed E-state index contributed by atoms with van der Waals surface area (Å²) in [6.07, 6.45) is 0.697. The standard InChI is InChI=1S/C21H32N6O6/c22-9-5-4-8-14(21(32)33)26-20(31)16(11-17(24)28)27-19(30)15(25-18(29)12-23)10-13-6-2-1-3-7-13/h1-3,6-7,14-16H,4-5,8-12,22-23H2,(H2,24,28)(H,25,29)(H,26,31)(H,27,30)(H,32,33). The van der Waals surface area contributed by atoms with Crippen LogP contribution in [0.1, 0.15) is 31.2 Å². The summed E-state index contributed by atoms with van der Waals surface area (Å²) in [5.41, 5.74) is 16.7. The molecule has 10 N–H and O–H groups in total. The second-order valence-electron chi connectivity index (χ2n) is 7.43. The Hall–Kier alpha value is -3.51. The molecule has 0 bridgehead atoms. The number of carboxylic acid groups (broad SMARTS) is 1. The largest absolute Gasteiger partial charge is 0.480 e. The minimum absolute atomic E-state index is 0.0974. The third kappa shape index (κ3) is 10.6. The summed E-state index contributed by atoms with van der Waals surface area (Å²) in [6, 6.07) is 5.06. The molecule has 0 spiro atoms. The van der Waals surface area contributed by atoms with Crippen molar-refractivity contribution in [3.63, 3.8) is 0 Å². The number of hydrogen-bond acceptors (Lipinski definition) is 7. The number of carbonyl (C=O) groups is 5. The van der Waals surface area contributed by atoms with Gasteiger partial charge in [0.25, 0.3) is 0 Å². The van der Waals surface area contributed by atoms with Crippen molar-refractivity contribution in [3.05, 3.63) is 35.9 Å². The third-order valence-corrected chi connectivity index (χ3v) is 4.72. The number of nitrogens with two attached hydrogens (primary N) is 3. The maximum atomic E-state index is 12.9. The number of primary amides is 1. The number of hydrogen-bond donors (Lipinski definition) is 7. The molecule has 0 saturated heterocycles. The van der Waals surface area contributed by atoms with E-state index in [4.69, 9.17) is 17.2 Å². The molecule has 3 atom stereocenters. The summed E-state index contributed by atoms with van der Waals surface area (Å²) >= 11 is 0. The van der Waals surface area contributed by atoms with E-state index in [1.807, 2.05) is 0 Å². The normalized spacial score (nSPS) is 13.3. The molecular weight excluding hydrogens is 432 g/mol. The average Bonchev–Trinajstić information content (AvgIpc) is 2.77. The zero-order chi connectivity index (χ0) is 24.8. The van der Waals surface area contributed by atoms with Crippen LogP contribution in [0, 0.1) is 0 Å². The minimum Gasteiger partial charge on any atom is -0.480 e. The van der Waals surface area contributed by atoms with E-state index in [0.717, 1.165) is 5.56 Å². The highest BCUT2D eigenvalue weighted by Gasteiger charge is 2.30. The molecule has 0 aliphatic carbocycles. The van der Waals surface area contributed by atoms with Crippen molar-refractivity contribution in [2.45, 2.75) is 50.2 Å². The van der Waals surface area contributed by atoms with Gasteiger partial charge < -0.3 is 38.3 Å². The van der Waals surface area contributed by atoms with Crippen LogP contribution >= 0.6 is 0 Å². The number of carbonyl (C=O) groups excluding carboxylic acids is 4. The van der Waals surface area contributed by atoms with Gasteiger partial charge in [-0.05, 0) is 31.4 Å². The van der Waals surface area contributed by atoms with Gasteiger partial charge >= 0.3 is 5.97 Å². The third-order valence-electron chi connectivity index (χ3n) is 4.72. The molecule has 0 heterocycles. The first-order valence-corrected chi connectivity index (χ1v) is 10.5. The smallest absolute Gasteiger partial charge is 0.326 e. The number of unbranched alkanes of at least 4 members (excludes halogenated alkanes) is 1. The van der Waals surface area contributed by atoms with Gasteiger partial charge in [0.2, 0.25) is 23.6 Å². The first kappa shape index (κ1) is 27.5. The van der Waals surface area contributed by atoms with Crippen molar-refractivity contribution in [3.8, 4) is 0 Å². The van der Waals surface area contributed by atoms with E-state index in [2.05, 4.69) is 16.0 Å². The molecule has 0 aliphatic heterocycles. The fraction of sp³-hybridized carbons (Fsp3) is 0.476. The summed E-state index contributed by atoms with van der Waals surface area (Å²) in [6.45, 7) is 0.0187. The fourth-order valence-corrected chi connectivity index (χ4v) is 3.02. The maximum absolute atomic E-state index is 12.9. The van der Waals surface area contributed by atoms with Crippen LogP contribution in [0.2, 0.25) is 0 Å². The quantitative estimate of drug-likeness (QED) is 0.140. The van der Waals surface area contributed by atoms with Gasteiger partial charge in [0, 0.05) is 6.42 Å². The Bertz CT molecular complexity index is 819. The van der Waals surface area contributed by atoms with Gasteiger partial charge in [-0.1, -0.05) is 30.3 Å². The first-order valence-electron chi connectivity index (χ1n) is 10.5. The lowest BCUT2D eigenvalue weighted by Crippen LogP contribution is -2.57. The summed E-state index contributed by atoms with van der Waals surface area (Å²) in [5.74, 6) is -4.37. The molecule has 1 aromatic rings. The van der Waals surface area contributed by atoms with Gasteiger partial charge in [-0.15, -0.1) is 0 Å². The second-order valence-corrected chi connectivity index (χ2v) is 7.43. The number of aliphatic carboxylic acids is 1. The average molecular weight is 465 g/mol. The topological polar surface area (TPSA) is 220 Å². The van der Waals surface area contributed by atoms with Crippen LogP contribution in [-0.2, 0) is 30.4 Å². The van der Waals surface area contributed by atoms with Crippen LogP contribution in [-0.4, -0.2) is 65.9 Å². The molecule has 12 heteroatoms. The van der Waals surface area contributed by atoms with Gasteiger partial charge in [0.05, 0.1) is 13.0 Å². The van der Waals surface area contributed by atoms with Crippen LogP contribution < -0.4 is 33.2 Å². The fourth-order valence-electron chi connectivity index (χ4n) is 3.02. The van der Waals surface area contributed by atoms with Gasteiger partial charge in [-0.25, -0.2) is 4.79 Å². The van der Waals surface area contributed by atoms with E-state index in [-0.39, 0.29) is 19.4 Å². The minimum atomic E-state index is -1.43. The summed E-state index contributed by atoms with van der Waals surface area (Å²) in [4.78, 5) is 60.4. The van der Waals surface area contributed by atoms with Crippen molar-refractivity contribution in [1.29, 1.82) is 0 Å². The van der Waals surface area contributed by atoms with Crippen LogP contribution in [0.25, 0.3) is 0 Å². The molecule has 12 nitrogen and oxygen atoms in total. The van der Waals surface area contributed by atoms with E-state index < -0.39 is 54.1 Å². The highest BCUT2D eigenvalue weighted by molar-refractivity contribution is 5.95. The summed E-state index contributed by atoms with van der Waals surface area (Å²) < 4.78 is 0. The molecule has 1 rings (SSSR count). The summed E-state index contributed by atoms with van der Waals surface area (Å²) in [5, 5.41) is 16.5. The SMILES string of the molecule is NCCCCC(NC(=O)C(CC(N)=O)NC(=O)C(Cc1ccccc1)NC(=O)CN)C(=O)O. The highest BCUT2D eigenvalue weighted by atomic mass is 16.4. The van der Waals surface area contributed by atoms with Crippen molar-refractivity contribution < 1.29 is 29.1 Å². The van der Waals surface area contributed by atoms with E-state index >= 15 is 0 Å². The van der Waals surface area contributed by atoms with E-state index in [1.54, 1.807) is 30.3 Å². The molecule has 33 heavy (non-hydrogen) atoms. The van der Waals surface area contributed by atoms with Crippen LogP contribution in [0.4, 0.5) is 0 Å². The van der Waals surface area contributed by atoms with E-state index in [0.29, 0.717) is 19.4 Å². The predicted molar refractivity (Wildman–Crippen MR) is 119 cm³/mol. The monoisotopic (exact) mass is 464 g/mol. The zero-order valence-electron chi connectivity index (χ0n) is 18.3. The molecule has 0 fully saturated rings. The van der Waals surface area contributed by atoms with Gasteiger partial charge in [-0.3, -0.25) is 19.2 Å². The van der Waals surface area contributed by atoms with E-state index in [1.165, 1.54) is 0 Å². The van der Waals surface area contributed by atoms with Crippen molar-refractivity contribution >= 4 is 29.6 Å². The summed E-state index contributed by atoms with van der Waals surface area (Å²) in [7, 11) is 0. The molecule has 0 saturated carbocycles. The Balaban J connectivity index is 2.97. The molecule has 0 radical (unpaired) electrons. The number of amides is 4. The predicted octanol–water partition coefficient (Wildman–Crippen LogP) is -2.27. The first-order chi connectivity index (χ1) is 15.7. The Kier molecular flexibility index (Phi) is 12.1. The van der Waals surface area contributed by atoms with Gasteiger partial charge in [0.15, 0.2) is 0 Å². The number of benzene rings is 1. The Morgan fingerprint density at radius 2 is 1.45 bits per heavy atom. The Morgan fingerprint density at radius 1 is 0.848 bits per heavy atom. The maximum Gasteiger partial charge on any atom is 0.326 e. The highest BCUT2D eigenvalue weighted by Crippen LogP contribution is 2.06. The number of nitrogens with one attached hydrogen (secondary N) is 3. The lowest BCUT2D eigenvalue weighted by molar-refractivity contribution is -0.142. The van der Waals surface area contributed by atoms with Gasteiger partial charge in [0.1, 0.15) is 18.1 Å². The van der Waals surface area contributed by atoms with Crippen molar-refractivity contribution in [1.82, 2.24) is 16.0 Å². The van der Waals surface area contributed by atoms with E-state index in [9.17, 15) is 29.1 Å². The Morgan fingerprint density at radius 3 is 2.00 bits per heavy atom. The van der Waals surface area contributed by atoms with Crippen LogP contribution in [0.3, 0.4) is 0 Å². The molecule has 1 aromatic carbocycles. The van der Waals surface area contributed by atoms with Crippen LogP contribution in [0.15, 0.2) is 30.3 Å². The lowest BCUT2D eigenvalue weighted by Gasteiger charge is -2.24. The molecule has 0 aliphatic rings. The second kappa shape index (κ2) is 14.5. The molecule has 182 valence electrons. The molecule has 4 amide bonds.